The second kappa shape index (κ2) is 15.6. The minimum Gasteiger partial charge on any atom is -0.515 e. The third-order valence-corrected chi connectivity index (χ3v) is 9.07. The Morgan fingerprint density at radius 3 is 1.62 bits per heavy atom. The fourth-order valence-corrected chi connectivity index (χ4v) is 5.92. The molecule has 1 aromatic carbocycles. The molecule has 1 rings (SSSR count). The van der Waals surface area contributed by atoms with Crippen molar-refractivity contribution in [2.24, 2.45) is 0 Å². The lowest BCUT2D eigenvalue weighted by atomic mass is 10.1. The Morgan fingerprint density at radius 2 is 1.17 bits per heavy atom. The fraction of sp³-hybridized carbons (Fsp3) is 0.750. The summed E-state index contributed by atoms with van der Waals surface area (Å²) in [4.78, 5) is 0. The van der Waals surface area contributed by atoms with Gasteiger partial charge in [-0.3, -0.25) is 0 Å². The van der Waals surface area contributed by atoms with E-state index >= 15 is 0 Å². The van der Waals surface area contributed by atoms with Crippen LogP contribution in [0, 0.1) is 0 Å². The number of hydrogen-bond donors (Lipinski definition) is 0. The van der Waals surface area contributed by atoms with E-state index in [1.54, 1.807) is 14.2 Å². The largest absolute Gasteiger partial charge is 0.515 e. The van der Waals surface area contributed by atoms with Gasteiger partial charge in [-0.05, 0) is 30.6 Å². The average molecular weight is 425 g/mol. The molecule has 29 heavy (non-hydrogen) atoms. The molecule has 5 heteroatoms. The summed E-state index contributed by atoms with van der Waals surface area (Å²) in [6, 6.07) is 7.54. The molecule has 0 bridgehead atoms. The van der Waals surface area contributed by atoms with Gasteiger partial charge in [-0.1, -0.05) is 84.6 Å². The van der Waals surface area contributed by atoms with Crippen molar-refractivity contribution in [3.8, 4) is 17.2 Å². The van der Waals surface area contributed by atoms with Crippen LogP contribution >= 0.6 is 0 Å². The van der Waals surface area contributed by atoms with Gasteiger partial charge >= 0.3 is 8.56 Å². The number of methoxy groups -OCH3 is 2. The van der Waals surface area contributed by atoms with E-state index < -0.39 is 8.56 Å². The van der Waals surface area contributed by atoms with Crippen molar-refractivity contribution in [2.45, 2.75) is 97.1 Å². The van der Waals surface area contributed by atoms with Crippen molar-refractivity contribution < 1.29 is 18.3 Å². The van der Waals surface area contributed by atoms with E-state index in [2.05, 4.69) is 20.8 Å². The van der Waals surface area contributed by atoms with Crippen molar-refractivity contribution in [1.29, 1.82) is 0 Å². The predicted molar refractivity (Wildman–Crippen MR) is 125 cm³/mol. The highest BCUT2D eigenvalue weighted by molar-refractivity contribution is 6.68. The maximum Gasteiger partial charge on any atom is 0.398 e. The first-order valence-corrected chi connectivity index (χ1v) is 13.9. The molecule has 0 spiro atoms. The molecule has 0 aromatic heterocycles. The molecule has 0 heterocycles. The van der Waals surface area contributed by atoms with E-state index in [0.29, 0.717) is 17.2 Å². The summed E-state index contributed by atoms with van der Waals surface area (Å²) in [5.74, 6) is 2.08. The number of para-hydroxylation sites is 1. The normalized spacial score (nSPS) is 11.5. The smallest absolute Gasteiger partial charge is 0.398 e. The molecule has 0 saturated heterocycles. The molecule has 0 atom stereocenters. The standard InChI is InChI=1S/C24H44O4Si/c1-6-9-10-11-12-13-14-15-16-17-21-27-29(7-2,8-3)28-24-22(25-4)19-18-20-23(24)26-5/h18-20H,6-17,21H2,1-5H3. The van der Waals surface area contributed by atoms with Crippen molar-refractivity contribution in [2.75, 3.05) is 20.8 Å². The van der Waals surface area contributed by atoms with Crippen LogP contribution in [-0.4, -0.2) is 29.4 Å². The molecule has 0 saturated carbocycles. The van der Waals surface area contributed by atoms with Gasteiger partial charge in [0, 0.05) is 6.61 Å². The van der Waals surface area contributed by atoms with Crippen LogP contribution in [0.4, 0.5) is 0 Å². The first-order valence-electron chi connectivity index (χ1n) is 11.7. The fourth-order valence-electron chi connectivity index (χ4n) is 3.58. The molecule has 0 aliphatic carbocycles. The van der Waals surface area contributed by atoms with Crippen LogP contribution in [0.5, 0.6) is 17.2 Å². The maximum atomic E-state index is 6.50. The summed E-state index contributed by atoms with van der Waals surface area (Å²) >= 11 is 0. The minimum absolute atomic E-state index is 0.677. The summed E-state index contributed by atoms with van der Waals surface area (Å²) in [6.07, 6.45) is 13.3. The first kappa shape index (κ1) is 25.8. The van der Waals surface area contributed by atoms with Gasteiger partial charge in [0.2, 0.25) is 0 Å². The Labute approximate surface area is 180 Å². The Bertz CT molecular complexity index is 509. The zero-order chi connectivity index (χ0) is 21.4. The quantitative estimate of drug-likeness (QED) is 0.180. The molecule has 0 amide bonds. The van der Waals surface area contributed by atoms with Crippen LogP contribution in [0.15, 0.2) is 18.2 Å². The molecule has 0 aliphatic heterocycles. The van der Waals surface area contributed by atoms with Crippen LogP contribution < -0.4 is 13.9 Å². The third kappa shape index (κ3) is 9.43. The first-order chi connectivity index (χ1) is 14.2. The van der Waals surface area contributed by atoms with Gasteiger partial charge in [-0.25, -0.2) is 0 Å². The second-order valence-corrected chi connectivity index (χ2v) is 11.5. The Balaban J connectivity index is 2.41. The number of ether oxygens (including phenoxy) is 2. The molecule has 1 aromatic rings. The Kier molecular flexibility index (Phi) is 13.9. The maximum absolute atomic E-state index is 6.50. The molecular formula is C24H44O4Si. The highest BCUT2D eigenvalue weighted by Crippen LogP contribution is 2.39. The van der Waals surface area contributed by atoms with E-state index in [1.807, 2.05) is 18.2 Å². The number of rotatable bonds is 18. The highest BCUT2D eigenvalue weighted by atomic mass is 28.4. The van der Waals surface area contributed by atoms with Crippen molar-refractivity contribution in [3.63, 3.8) is 0 Å². The van der Waals surface area contributed by atoms with Crippen LogP contribution in [0.2, 0.25) is 12.1 Å². The molecular weight excluding hydrogens is 380 g/mol. The molecule has 0 fully saturated rings. The van der Waals surface area contributed by atoms with E-state index in [1.165, 1.54) is 57.8 Å². The summed E-state index contributed by atoms with van der Waals surface area (Å²) in [5.41, 5.74) is 0. The van der Waals surface area contributed by atoms with Gasteiger partial charge < -0.3 is 18.3 Å². The number of benzene rings is 1. The average Bonchev–Trinajstić information content (AvgIpc) is 2.76. The zero-order valence-corrected chi connectivity index (χ0v) is 20.6. The predicted octanol–water partition coefficient (Wildman–Crippen LogP) is 7.50. The molecule has 4 nitrogen and oxygen atoms in total. The van der Waals surface area contributed by atoms with Gasteiger partial charge in [0.1, 0.15) is 0 Å². The summed E-state index contributed by atoms with van der Waals surface area (Å²) in [7, 11) is 0.987. The van der Waals surface area contributed by atoms with Crippen molar-refractivity contribution >= 4 is 8.56 Å². The second-order valence-electron chi connectivity index (χ2n) is 7.74. The number of unbranched alkanes of at least 4 members (excludes halogenated alkanes) is 9. The van der Waals surface area contributed by atoms with Gasteiger partial charge in [0.25, 0.3) is 0 Å². The molecule has 0 unspecified atom stereocenters. The third-order valence-electron chi connectivity index (χ3n) is 5.61. The van der Waals surface area contributed by atoms with Gasteiger partial charge in [-0.2, -0.15) is 0 Å². The summed E-state index contributed by atoms with van der Waals surface area (Å²) in [6.45, 7) is 7.38. The minimum atomic E-state index is -2.33. The van der Waals surface area contributed by atoms with E-state index in [9.17, 15) is 0 Å². The summed E-state index contributed by atoms with van der Waals surface area (Å²) in [5, 5.41) is 0. The van der Waals surface area contributed by atoms with E-state index in [0.717, 1.165) is 25.1 Å². The van der Waals surface area contributed by atoms with Gasteiger partial charge in [0.05, 0.1) is 14.2 Å². The monoisotopic (exact) mass is 424 g/mol. The Morgan fingerprint density at radius 1 is 0.690 bits per heavy atom. The zero-order valence-electron chi connectivity index (χ0n) is 19.6. The van der Waals surface area contributed by atoms with Crippen LogP contribution in [0.3, 0.4) is 0 Å². The lowest BCUT2D eigenvalue weighted by molar-refractivity contribution is 0.224. The lowest BCUT2D eigenvalue weighted by Gasteiger charge is -2.30. The molecule has 0 N–H and O–H groups in total. The van der Waals surface area contributed by atoms with Crippen LogP contribution in [0.25, 0.3) is 0 Å². The van der Waals surface area contributed by atoms with E-state index in [-0.39, 0.29) is 0 Å². The van der Waals surface area contributed by atoms with Crippen LogP contribution in [-0.2, 0) is 4.43 Å². The van der Waals surface area contributed by atoms with Gasteiger partial charge in [-0.15, -0.1) is 0 Å². The molecule has 0 radical (unpaired) electrons. The highest BCUT2D eigenvalue weighted by Gasteiger charge is 2.37. The van der Waals surface area contributed by atoms with Crippen molar-refractivity contribution in [1.82, 2.24) is 0 Å². The SMILES string of the molecule is CCCCCCCCCCCCO[Si](CC)(CC)Oc1c(OC)cccc1OC. The number of hydrogen-bond acceptors (Lipinski definition) is 4. The van der Waals surface area contributed by atoms with Gasteiger partial charge in [0.15, 0.2) is 17.2 Å². The van der Waals surface area contributed by atoms with Crippen molar-refractivity contribution in [3.05, 3.63) is 18.2 Å². The van der Waals surface area contributed by atoms with Crippen LogP contribution in [0.1, 0.15) is 85.0 Å². The summed E-state index contributed by atoms with van der Waals surface area (Å²) < 4.78 is 23.9. The topological polar surface area (TPSA) is 36.9 Å². The van der Waals surface area contributed by atoms with E-state index in [4.69, 9.17) is 18.3 Å². The Hall–Kier alpha value is -1.20. The molecule has 0 aliphatic rings. The lowest BCUT2D eigenvalue weighted by Crippen LogP contribution is -2.44. The molecule has 168 valence electrons.